The van der Waals surface area contributed by atoms with Gasteiger partial charge in [-0.2, -0.15) is 0 Å². The van der Waals surface area contributed by atoms with E-state index in [9.17, 15) is 5.11 Å². The largest absolute Gasteiger partial charge is 0.409 e. The van der Waals surface area contributed by atoms with E-state index in [0.29, 0.717) is 12.6 Å². The summed E-state index contributed by atoms with van der Waals surface area (Å²) < 4.78 is 0. The van der Waals surface area contributed by atoms with Gasteiger partial charge < -0.3 is 20.9 Å². The van der Waals surface area contributed by atoms with Crippen LogP contribution in [0.2, 0.25) is 0 Å². The van der Waals surface area contributed by atoms with Gasteiger partial charge in [-0.25, -0.2) is 0 Å². The number of nitrogens with two attached hydrogens (primary N) is 1. The lowest BCUT2D eigenvalue weighted by molar-refractivity contribution is 0.283. The predicted octanol–water partition coefficient (Wildman–Crippen LogP) is 1.44. The van der Waals surface area contributed by atoms with Crippen LogP contribution in [-0.4, -0.2) is 35.3 Å². The Bertz CT molecular complexity index is 470. The van der Waals surface area contributed by atoms with Crippen molar-refractivity contribution in [3.63, 3.8) is 0 Å². The highest BCUT2D eigenvalue weighted by molar-refractivity contribution is 6.02. The Morgan fingerprint density at radius 1 is 1.47 bits per heavy atom. The summed E-state index contributed by atoms with van der Waals surface area (Å²) in [5.74, 6) is 0.112. The van der Waals surface area contributed by atoms with E-state index in [2.05, 4.69) is 10.1 Å². The monoisotopic (exact) mass is 263 g/mol. The fraction of sp³-hybridized carbons (Fsp3) is 0.500. The molecule has 1 saturated carbocycles. The minimum absolute atomic E-state index is 0.0977. The number of aryl methyl sites for hydroxylation is 1. The van der Waals surface area contributed by atoms with Crippen molar-refractivity contribution in [2.24, 2.45) is 10.9 Å². The minimum Gasteiger partial charge on any atom is -0.409 e. The van der Waals surface area contributed by atoms with E-state index in [1.165, 1.54) is 6.42 Å². The van der Waals surface area contributed by atoms with Crippen molar-refractivity contribution in [3.8, 4) is 0 Å². The lowest BCUT2D eigenvalue weighted by atomic mass is 9.90. The Morgan fingerprint density at radius 3 is 2.74 bits per heavy atom. The number of para-hydroxylation sites is 1. The third kappa shape index (κ3) is 2.66. The molecular formula is C14H21N3O2. The molecule has 0 amide bonds. The van der Waals surface area contributed by atoms with Crippen molar-refractivity contribution in [3.05, 3.63) is 29.3 Å². The third-order valence-electron chi connectivity index (χ3n) is 3.77. The molecule has 0 spiro atoms. The first-order chi connectivity index (χ1) is 9.19. The number of amidine groups is 1. The summed E-state index contributed by atoms with van der Waals surface area (Å²) in [6.45, 7) is 2.67. The molecule has 0 aromatic heterocycles. The highest BCUT2D eigenvalue weighted by atomic mass is 16.4. The third-order valence-corrected chi connectivity index (χ3v) is 3.77. The smallest absolute Gasteiger partial charge is 0.172 e. The SMILES string of the molecule is Cc1cccc(/C(N)=N/O)c1N(CCO)C1CCC1. The van der Waals surface area contributed by atoms with Crippen LogP contribution in [0.4, 0.5) is 5.69 Å². The predicted molar refractivity (Wildman–Crippen MR) is 75.8 cm³/mol. The summed E-state index contributed by atoms with van der Waals surface area (Å²) in [5.41, 5.74) is 8.54. The Balaban J connectivity index is 2.44. The summed E-state index contributed by atoms with van der Waals surface area (Å²) in [6.07, 6.45) is 3.48. The molecule has 4 N–H and O–H groups in total. The molecule has 1 aliphatic rings. The van der Waals surface area contributed by atoms with Crippen LogP contribution in [-0.2, 0) is 0 Å². The molecule has 0 atom stereocenters. The second kappa shape index (κ2) is 5.93. The van der Waals surface area contributed by atoms with Crippen LogP contribution in [0.3, 0.4) is 0 Å². The van der Waals surface area contributed by atoms with E-state index in [1.807, 2.05) is 25.1 Å². The van der Waals surface area contributed by atoms with Gasteiger partial charge in [-0.15, -0.1) is 0 Å². The summed E-state index contributed by atoms with van der Waals surface area (Å²) in [5, 5.41) is 21.3. The van der Waals surface area contributed by atoms with Gasteiger partial charge >= 0.3 is 0 Å². The number of aliphatic hydroxyl groups excluding tert-OH is 1. The van der Waals surface area contributed by atoms with E-state index in [1.54, 1.807) is 0 Å². The number of benzene rings is 1. The number of hydrogen-bond acceptors (Lipinski definition) is 4. The quantitative estimate of drug-likeness (QED) is 0.325. The molecule has 19 heavy (non-hydrogen) atoms. The number of oxime groups is 1. The topological polar surface area (TPSA) is 82.1 Å². The first-order valence-electron chi connectivity index (χ1n) is 6.64. The molecule has 0 aliphatic heterocycles. The van der Waals surface area contributed by atoms with Crippen LogP contribution < -0.4 is 10.6 Å². The Morgan fingerprint density at radius 2 is 2.21 bits per heavy atom. The van der Waals surface area contributed by atoms with E-state index >= 15 is 0 Å². The Hall–Kier alpha value is -1.75. The molecule has 2 rings (SSSR count). The maximum Gasteiger partial charge on any atom is 0.172 e. The Labute approximate surface area is 113 Å². The number of rotatable bonds is 5. The highest BCUT2D eigenvalue weighted by Crippen LogP contribution is 2.33. The molecule has 1 aromatic carbocycles. The molecule has 5 heteroatoms. The van der Waals surface area contributed by atoms with E-state index < -0.39 is 0 Å². The molecular weight excluding hydrogens is 242 g/mol. The maximum atomic E-state index is 9.29. The molecule has 5 nitrogen and oxygen atoms in total. The zero-order chi connectivity index (χ0) is 13.8. The lowest BCUT2D eigenvalue weighted by Crippen LogP contribution is -2.43. The van der Waals surface area contributed by atoms with Crippen molar-refractivity contribution in [1.82, 2.24) is 0 Å². The van der Waals surface area contributed by atoms with Crippen LogP contribution in [0.5, 0.6) is 0 Å². The summed E-state index contributed by atoms with van der Waals surface area (Å²) >= 11 is 0. The summed E-state index contributed by atoms with van der Waals surface area (Å²) in [7, 11) is 0. The van der Waals surface area contributed by atoms with Gasteiger partial charge in [0.25, 0.3) is 0 Å². The fourth-order valence-electron chi connectivity index (χ4n) is 2.58. The van der Waals surface area contributed by atoms with Crippen LogP contribution >= 0.6 is 0 Å². The molecule has 1 fully saturated rings. The molecule has 0 unspecified atom stereocenters. The van der Waals surface area contributed by atoms with Crippen molar-refractivity contribution in [2.45, 2.75) is 32.2 Å². The molecule has 0 saturated heterocycles. The molecule has 1 aliphatic carbocycles. The van der Waals surface area contributed by atoms with Gasteiger partial charge in [-0.1, -0.05) is 17.3 Å². The van der Waals surface area contributed by atoms with Gasteiger partial charge in [0.2, 0.25) is 0 Å². The van der Waals surface area contributed by atoms with Gasteiger partial charge in [-0.3, -0.25) is 0 Å². The van der Waals surface area contributed by atoms with Gasteiger partial charge in [0.1, 0.15) is 0 Å². The van der Waals surface area contributed by atoms with Gasteiger partial charge in [-0.05, 0) is 37.8 Å². The van der Waals surface area contributed by atoms with Crippen molar-refractivity contribution in [1.29, 1.82) is 0 Å². The van der Waals surface area contributed by atoms with Crippen molar-refractivity contribution in [2.75, 3.05) is 18.1 Å². The minimum atomic E-state index is 0.0977. The Kier molecular flexibility index (Phi) is 4.27. The average molecular weight is 263 g/mol. The standard InChI is InChI=1S/C14H21N3O2/c1-10-4-2-7-12(14(15)16-19)13(10)17(8-9-18)11-5-3-6-11/h2,4,7,11,18-19H,3,5-6,8-9H2,1H3,(H2,15,16). The molecule has 0 bridgehead atoms. The lowest BCUT2D eigenvalue weighted by Gasteiger charge is -2.40. The van der Waals surface area contributed by atoms with Crippen LogP contribution in [0.25, 0.3) is 0 Å². The second-order valence-corrected chi connectivity index (χ2v) is 4.96. The van der Waals surface area contributed by atoms with Crippen molar-refractivity contribution >= 4 is 11.5 Å². The van der Waals surface area contributed by atoms with Crippen LogP contribution in [0.15, 0.2) is 23.4 Å². The number of anilines is 1. The molecule has 1 aromatic rings. The average Bonchev–Trinajstić information content (AvgIpc) is 2.35. The highest BCUT2D eigenvalue weighted by Gasteiger charge is 2.27. The maximum absolute atomic E-state index is 9.29. The second-order valence-electron chi connectivity index (χ2n) is 4.96. The zero-order valence-corrected chi connectivity index (χ0v) is 11.2. The molecule has 104 valence electrons. The van der Waals surface area contributed by atoms with Gasteiger partial charge in [0.15, 0.2) is 5.84 Å². The van der Waals surface area contributed by atoms with Crippen molar-refractivity contribution < 1.29 is 10.3 Å². The fourth-order valence-corrected chi connectivity index (χ4v) is 2.58. The number of nitrogens with zero attached hydrogens (tertiary/aromatic N) is 2. The zero-order valence-electron chi connectivity index (χ0n) is 11.2. The summed E-state index contributed by atoms with van der Waals surface area (Å²) in [6, 6.07) is 6.19. The van der Waals surface area contributed by atoms with E-state index in [4.69, 9.17) is 10.9 Å². The normalized spacial score (nSPS) is 16.2. The van der Waals surface area contributed by atoms with Gasteiger partial charge in [0, 0.05) is 18.2 Å². The summed E-state index contributed by atoms with van der Waals surface area (Å²) in [4.78, 5) is 2.19. The van der Waals surface area contributed by atoms with Crippen LogP contribution in [0.1, 0.15) is 30.4 Å². The molecule has 0 radical (unpaired) electrons. The number of hydrogen-bond donors (Lipinski definition) is 3. The van der Waals surface area contributed by atoms with E-state index in [-0.39, 0.29) is 12.4 Å². The number of aliphatic hydroxyl groups is 1. The van der Waals surface area contributed by atoms with E-state index in [0.717, 1.165) is 29.7 Å². The van der Waals surface area contributed by atoms with Gasteiger partial charge in [0.05, 0.1) is 12.3 Å². The molecule has 0 heterocycles. The first-order valence-corrected chi connectivity index (χ1v) is 6.64. The van der Waals surface area contributed by atoms with Crippen LogP contribution in [0, 0.1) is 6.92 Å². The first kappa shape index (κ1) is 13.7.